The van der Waals surface area contributed by atoms with Crippen LogP contribution in [0.3, 0.4) is 0 Å². The number of benzene rings is 1. The highest BCUT2D eigenvalue weighted by Gasteiger charge is 2.05. The molecule has 0 saturated heterocycles. The van der Waals surface area contributed by atoms with Crippen LogP contribution >= 0.6 is 0 Å². The Morgan fingerprint density at radius 3 is 3.00 bits per heavy atom. The monoisotopic (exact) mass is 199 g/mol. The summed E-state index contributed by atoms with van der Waals surface area (Å²) in [6.07, 6.45) is 0. The molecule has 0 aliphatic rings. The summed E-state index contributed by atoms with van der Waals surface area (Å²) < 4.78 is 7.09. The molecule has 0 aliphatic heterocycles. The molecule has 0 unspecified atom stereocenters. The smallest absolute Gasteiger partial charge is 0.224 e. The summed E-state index contributed by atoms with van der Waals surface area (Å²) in [6.45, 7) is 1.90. The zero-order valence-corrected chi connectivity index (χ0v) is 8.19. The lowest BCUT2D eigenvalue weighted by Crippen LogP contribution is -2.04. The molecule has 0 fully saturated rings. The molecule has 4 heteroatoms. The summed E-state index contributed by atoms with van der Waals surface area (Å²) in [7, 11) is 0. The molecule has 0 spiro atoms. The minimum atomic E-state index is 0.179. The van der Waals surface area contributed by atoms with Crippen molar-refractivity contribution < 1.29 is 4.42 Å². The lowest BCUT2D eigenvalue weighted by Gasteiger charge is -1.99. The first-order valence-electron chi connectivity index (χ1n) is 4.68. The van der Waals surface area contributed by atoms with Crippen LogP contribution in [0, 0.1) is 12.3 Å². The van der Waals surface area contributed by atoms with Crippen molar-refractivity contribution in [2.75, 3.05) is 0 Å². The molecule has 0 radical (unpaired) electrons. The number of hydrogen-bond acceptors (Lipinski definition) is 3. The van der Waals surface area contributed by atoms with Gasteiger partial charge in [0, 0.05) is 6.07 Å². The summed E-state index contributed by atoms with van der Waals surface area (Å²) in [5.41, 5.74) is 2.57. The molecule has 1 N–H and O–H groups in total. The number of nitrogens with one attached hydrogen (secondary N) is 1. The zero-order valence-electron chi connectivity index (χ0n) is 8.19. The van der Waals surface area contributed by atoms with E-state index in [2.05, 4.69) is 5.10 Å². The zero-order chi connectivity index (χ0) is 10.4. The minimum absolute atomic E-state index is 0.179. The molecular weight excluding hydrogens is 190 g/mol. The van der Waals surface area contributed by atoms with Crippen LogP contribution in [0.5, 0.6) is 0 Å². The van der Waals surface area contributed by atoms with Crippen LogP contribution in [0.4, 0.5) is 0 Å². The van der Waals surface area contributed by atoms with Gasteiger partial charge in [0.25, 0.3) is 0 Å². The van der Waals surface area contributed by atoms with E-state index in [1.165, 1.54) is 0 Å². The molecule has 2 aromatic heterocycles. The summed E-state index contributed by atoms with van der Waals surface area (Å²) in [6, 6.07) is 9.43. The number of hydrogen-bond donors (Lipinski definition) is 1. The lowest BCUT2D eigenvalue weighted by atomic mass is 10.2. The molecule has 0 bridgehead atoms. The predicted octanol–water partition coefficient (Wildman–Crippen LogP) is 1.87. The second-order valence-corrected chi connectivity index (χ2v) is 3.48. The van der Waals surface area contributed by atoms with E-state index >= 15 is 0 Å². The molecule has 0 atom stereocenters. The van der Waals surface area contributed by atoms with Gasteiger partial charge in [-0.05, 0) is 19.1 Å². The highest BCUT2D eigenvalue weighted by molar-refractivity contribution is 5.78. The van der Waals surface area contributed by atoms with Gasteiger partial charge in [0.05, 0.1) is 16.6 Å². The Balaban J connectivity index is 2.69. The van der Waals surface area contributed by atoms with E-state index in [-0.39, 0.29) is 5.55 Å². The van der Waals surface area contributed by atoms with Gasteiger partial charge in [-0.15, -0.1) is 0 Å². The maximum Gasteiger partial charge on any atom is 0.224 e. The Morgan fingerprint density at radius 1 is 1.33 bits per heavy atom. The Labute approximate surface area is 85.3 Å². The lowest BCUT2D eigenvalue weighted by molar-refractivity contribution is 0.518. The fourth-order valence-corrected chi connectivity index (χ4v) is 1.73. The first-order valence-corrected chi connectivity index (χ1v) is 4.68. The first-order chi connectivity index (χ1) is 7.25. The number of nitrogens with zero attached hydrogens (tertiary/aromatic N) is 2. The quantitative estimate of drug-likeness (QED) is 0.600. The van der Waals surface area contributed by atoms with Crippen molar-refractivity contribution >= 4 is 16.6 Å². The number of fused-ring (bicyclic) bond motifs is 3. The van der Waals surface area contributed by atoms with Crippen molar-refractivity contribution in [3.8, 4) is 0 Å². The van der Waals surface area contributed by atoms with Gasteiger partial charge in [-0.2, -0.15) is 9.61 Å². The third-order valence-corrected chi connectivity index (χ3v) is 2.38. The molecule has 15 heavy (non-hydrogen) atoms. The van der Waals surface area contributed by atoms with Gasteiger partial charge in [-0.3, -0.25) is 5.41 Å². The Morgan fingerprint density at radius 2 is 2.13 bits per heavy atom. The maximum atomic E-state index is 7.75. The number of rotatable bonds is 0. The van der Waals surface area contributed by atoms with E-state index in [0.29, 0.717) is 5.71 Å². The van der Waals surface area contributed by atoms with Crippen molar-refractivity contribution in [1.29, 1.82) is 5.41 Å². The Bertz CT molecular complexity index is 708. The topological polar surface area (TPSA) is 54.3 Å². The summed E-state index contributed by atoms with van der Waals surface area (Å²) >= 11 is 0. The van der Waals surface area contributed by atoms with Gasteiger partial charge in [0.1, 0.15) is 0 Å². The standard InChI is InChI=1S/C11H9N3O/c1-7-6-10-14(13-7)9-5-3-2-4-8(9)11(12)15-10/h2-6,12H,1H3. The van der Waals surface area contributed by atoms with Crippen LogP contribution in [0.25, 0.3) is 16.6 Å². The van der Waals surface area contributed by atoms with Crippen molar-refractivity contribution in [1.82, 2.24) is 9.61 Å². The van der Waals surface area contributed by atoms with Gasteiger partial charge < -0.3 is 4.42 Å². The highest BCUT2D eigenvalue weighted by atomic mass is 16.3. The molecule has 4 nitrogen and oxygen atoms in total. The van der Waals surface area contributed by atoms with E-state index in [9.17, 15) is 0 Å². The molecule has 3 aromatic rings. The van der Waals surface area contributed by atoms with Crippen molar-refractivity contribution in [3.05, 3.63) is 41.6 Å². The summed E-state index contributed by atoms with van der Waals surface area (Å²) in [5.74, 6) is 0. The first kappa shape index (κ1) is 8.23. The average molecular weight is 199 g/mol. The van der Waals surface area contributed by atoms with Crippen LogP contribution in [0.2, 0.25) is 0 Å². The summed E-state index contributed by atoms with van der Waals surface area (Å²) in [4.78, 5) is 0. The molecular formula is C11H9N3O. The molecule has 0 amide bonds. The van der Waals surface area contributed by atoms with Gasteiger partial charge in [0.2, 0.25) is 11.3 Å². The fraction of sp³-hybridized carbons (Fsp3) is 0.0909. The van der Waals surface area contributed by atoms with Crippen molar-refractivity contribution in [3.63, 3.8) is 0 Å². The molecule has 2 heterocycles. The summed E-state index contributed by atoms with van der Waals surface area (Å²) in [5, 5.41) is 12.8. The maximum absolute atomic E-state index is 7.75. The largest absolute Gasteiger partial charge is 0.420 e. The van der Waals surface area contributed by atoms with Crippen LogP contribution in [0.1, 0.15) is 5.69 Å². The van der Waals surface area contributed by atoms with Crippen molar-refractivity contribution in [2.45, 2.75) is 6.92 Å². The molecule has 0 saturated carbocycles. The Kier molecular flexibility index (Phi) is 1.48. The van der Waals surface area contributed by atoms with Crippen LogP contribution in [-0.2, 0) is 0 Å². The normalized spacial score (nSPS) is 11.3. The van der Waals surface area contributed by atoms with E-state index < -0.39 is 0 Å². The molecule has 1 aromatic carbocycles. The predicted molar refractivity (Wildman–Crippen MR) is 55.6 cm³/mol. The van der Waals surface area contributed by atoms with Crippen LogP contribution in [-0.4, -0.2) is 9.61 Å². The minimum Gasteiger partial charge on any atom is -0.420 e. The van der Waals surface area contributed by atoms with Crippen molar-refractivity contribution in [2.24, 2.45) is 0 Å². The molecule has 3 rings (SSSR count). The SMILES string of the molecule is Cc1cc2oc(=N)c3ccccc3n2n1. The third kappa shape index (κ3) is 1.08. The second kappa shape index (κ2) is 2.70. The van der Waals surface area contributed by atoms with Gasteiger partial charge in [0.15, 0.2) is 0 Å². The van der Waals surface area contributed by atoms with Gasteiger partial charge >= 0.3 is 0 Å². The van der Waals surface area contributed by atoms with Gasteiger partial charge in [-0.1, -0.05) is 12.1 Å². The fourth-order valence-electron chi connectivity index (χ4n) is 1.73. The van der Waals surface area contributed by atoms with E-state index in [0.717, 1.165) is 16.6 Å². The van der Waals surface area contributed by atoms with E-state index in [1.807, 2.05) is 37.3 Å². The molecule has 0 aliphatic carbocycles. The van der Waals surface area contributed by atoms with E-state index in [1.54, 1.807) is 4.52 Å². The molecule has 74 valence electrons. The average Bonchev–Trinajstić information content (AvgIpc) is 2.59. The number of aryl methyl sites for hydroxylation is 1. The van der Waals surface area contributed by atoms with Crippen LogP contribution < -0.4 is 5.55 Å². The van der Waals surface area contributed by atoms with Crippen LogP contribution in [0.15, 0.2) is 34.7 Å². The number of para-hydroxylation sites is 1. The highest BCUT2D eigenvalue weighted by Crippen LogP contribution is 2.13. The second-order valence-electron chi connectivity index (χ2n) is 3.48. The number of aromatic nitrogens is 2. The van der Waals surface area contributed by atoms with Gasteiger partial charge in [-0.25, -0.2) is 0 Å². The third-order valence-electron chi connectivity index (χ3n) is 2.38. The van der Waals surface area contributed by atoms with E-state index in [4.69, 9.17) is 9.83 Å². The Hall–Kier alpha value is -2.10.